The van der Waals surface area contributed by atoms with Gasteiger partial charge in [-0.25, -0.2) is 22.5 Å². The summed E-state index contributed by atoms with van der Waals surface area (Å²) >= 11 is 11.9. The quantitative estimate of drug-likeness (QED) is 0.548. The lowest BCUT2D eigenvalue weighted by atomic mass is 10.1. The van der Waals surface area contributed by atoms with E-state index < -0.39 is 42.5 Å². The second-order valence-corrected chi connectivity index (χ2v) is 8.23. The van der Waals surface area contributed by atoms with Gasteiger partial charge in [0.2, 0.25) is 0 Å². The number of nitrogens with zero attached hydrogens (tertiary/aromatic N) is 5. The molecule has 1 fully saturated rings. The van der Waals surface area contributed by atoms with Gasteiger partial charge in [-0.3, -0.25) is 14.3 Å². The Morgan fingerprint density at radius 1 is 1.18 bits per heavy atom. The molecule has 0 unspecified atom stereocenters. The molecule has 1 saturated heterocycles. The molecule has 0 saturated carbocycles. The van der Waals surface area contributed by atoms with Crippen LogP contribution < -0.4 is 16.1 Å². The number of nitriles is 1. The van der Waals surface area contributed by atoms with Crippen LogP contribution >= 0.6 is 23.2 Å². The van der Waals surface area contributed by atoms with Crippen LogP contribution in [-0.4, -0.2) is 33.1 Å². The zero-order valence-electron chi connectivity index (χ0n) is 16.7. The van der Waals surface area contributed by atoms with Gasteiger partial charge in [-0.2, -0.15) is 5.26 Å². The molecular formula is C21H14Cl2F3N5O2. The number of anilines is 1. The van der Waals surface area contributed by atoms with Gasteiger partial charge in [0.15, 0.2) is 0 Å². The number of rotatable bonds is 4. The fourth-order valence-corrected chi connectivity index (χ4v) is 4.10. The maximum Gasteiger partial charge on any atom is 0.338 e. The second kappa shape index (κ2) is 8.57. The first kappa shape index (κ1) is 22.9. The third-order valence-electron chi connectivity index (χ3n) is 5.17. The molecule has 4 rings (SSSR count). The summed E-state index contributed by atoms with van der Waals surface area (Å²) in [6, 6.07) is 6.57. The number of pyridine rings is 1. The number of benzene rings is 1. The van der Waals surface area contributed by atoms with Gasteiger partial charge in [-0.15, -0.1) is 0 Å². The lowest BCUT2D eigenvalue weighted by molar-refractivity contribution is 0.0256. The predicted octanol–water partition coefficient (Wildman–Crippen LogP) is 3.88. The average molecular weight is 496 g/mol. The van der Waals surface area contributed by atoms with Gasteiger partial charge in [0.25, 0.3) is 11.5 Å². The summed E-state index contributed by atoms with van der Waals surface area (Å²) in [4.78, 5) is 32.0. The van der Waals surface area contributed by atoms with Crippen LogP contribution in [0.1, 0.15) is 6.42 Å². The van der Waals surface area contributed by atoms with E-state index in [0.717, 1.165) is 21.3 Å². The maximum atomic E-state index is 14.1. The topological polar surface area (TPSA) is 83.9 Å². The first-order valence-corrected chi connectivity index (χ1v) is 10.3. The van der Waals surface area contributed by atoms with Crippen LogP contribution in [0, 0.1) is 17.1 Å². The largest absolute Gasteiger partial charge is 0.351 e. The average Bonchev–Trinajstić information content (AvgIpc) is 3.11. The first-order valence-electron chi connectivity index (χ1n) is 9.59. The highest BCUT2D eigenvalue weighted by Crippen LogP contribution is 2.36. The monoisotopic (exact) mass is 495 g/mol. The molecule has 0 spiro atoms. The Balaban J connectivity index is 2.13. The van der Waals surface area contributed by atoms with E-state index in [1.807, 2.05) is 6.07 Å². The van der Waals surface area contributed by atoms with Gasteiger partial charge in [0, 0.05) is 19.2 Å². The summed E-state index contributed by atoms with van der Waals surface area (Å²) in [5, 5.41) is 9.20. The molecule has 2 aromatic heterocycles. The molecule has 1 aromatic carbocycles. The van der Waals surface area contributed by atoms with E-state index in [2.05, 4.69) is 4.98 Å². The zero-order valence-corrected chi connectivity index (χ0v) is 18.2. The van der Waals surface area contributed by atoms with Crippen molar-refractivity contribution in [1.82, 2.24) is 14.1 Å². The van der Waals surface area contributed by atoms with E-state index in [-0.39, 0.29) is 39.2 Å². The van der Waals surface area contributed by atoms with Crippen molar-refractivity contribution in [3.63, 3.8) is 0 Å². The minimum Gasteiger partial charge on any atom is -0.351 e. The van der Waals surface area contributed by atoms with E-state index in [1.165, 1.54) is 29.4 Å². The molecule has 1 aliphatic rings. The van der Waals surface area contributed by atoms with E-state index in [1.54, 1.807) is 0 Å². The lowest BCUT2D eigenvalue weighted by Gasteiger charge is -2.26. The number of halogens is 5. The molecule has 33 heavy (non-hydrogen) atoms. The highest BCUT2D eigenvalue weighted by molar-refractivity contribution is 6.31. The van der Waals surface area contributed by atoms with Gasteiger partial charge in [-0.1, -0.05) is 29.3 Å². The molecule has 0 aliphatic carbocycles. The summed E-state index contributed by atoms with van der Waals surface area (Å²) in [6.07, 6.45) is 2.01. The van der Waals surface area contributed by atoms with Crippen LogP contribution in [0.2, 0.25) is 10.0 Å². The Morgan fingerprint density at radius 3 is 2.55 bits per heavy atom. The fourth-order valence-electron chi connectivity index (χ4n) is 3.75. The minimum atomic E-state index is -3.06. The highest BCUT2D eigenvalue weighted by Gasteiger charge is 2.41. The minimum absolute atomic E-state index is 0.0111. The van der Waals surface area contributed by atoms with Crippen LogP contribution in [0.5, 0.6) is 0 Å². The van der Waals surface area contributed by atoms with E-state index in [4.69, 9.17) is 23.2 Å². The van der Waals surface area contributed by atoms with Crippen molar-refractivity contribution in [1.29, 1.82) is 5.26 Å². The Bertz CT molecular complexity index is 1410. The van der Waals surface area contributed by atoms with E-state index in [9.17, 15) is 28.0 Å². The van der Waals surface area contributed by atoms with Crippen LogP contribution in [-0.2, 0) is 6.54 Å². The molecule has 170 valence electrons. The van der Waals surface area contributed by atoms with Crippen molar-refractivity contribution in [2.45, 2.75) is 18.9 Å². The summed E-state index contributed by atoms with van der Waals surface area (Å²) in [7, 11) is 0. The number of hydrogen-bond donors (Lipinski definition) is 0. The smallest absolute Gasteiger partial charge is 0.338 e. The molecule has 12 heteroatoms. The molecule has 3 heterocycles. The molecule has 0 N–H and O–H groups in total. The third kappa shape index (κ3) is 4.21. The number of aromatic nitrogens is 3. The highest BCUT2D eigenvalue weighted by atomic mass is 35.5. The van der Waals surface area contributed by atoms with Crippen molar-refractivity contribution in [3.05, 3.63) is 73.4 Å². The van der Waals surface area contributed by atoms with Gasteiger partial charge in [0.1, 0.15) is 18.2 Å². The molecule has 0 amide bonds. The van der Waals surface area contributed by atoms with Crippen molar-refractivity contribution in [2.24, 2.45) is 0 Å². The van der Waals surface area contributed by atoms with Gasteiger partial charge in [-0.05, 0) is 23.8 Å². The summed E-state index contributed by atoms with van der Waals surface area (Å²) in [6.45, 7) is -1.46. The Hall–Kier alpha value is -3.29. The molecule has 0 atom stereocenters. The maximum absolute atomic E-state index is 14.1. The number of alkyl halides is 2. The summed E-state index contributed by atoms with van der Waals surface area (Å²) in [5.41, 5.74) is -1.91. The molecule has 0 radical (unpaired) electrons. The van der Waals surface area contributed by atoms with Crippen LogP contribution in [0.15, 0.2) is 46.2 Å². The van der Waals surface area contributed by atoms with E-state index >= 15 is 0 Å². The molecule has 3 aromatic rings. The SMILES string of the molecule is N#CCn1c(N2CCC(F)(F)C2)c(-c2ccc(F)c(Cl)c2)c(=O)n(-c2cncc(Cl)c2)c1=O. The normalized spacial score (nSPS) is 15.0. The standard InChI is InChI=1S/C21H14Cl2F3N5O2/c22-13-8-14(10-28-9-13)31-19(32)17(12-1-2-16(24)15(23)7-12)18(30(6-4-27)20(31)33)29-5-3-21(25,26)11-29/h1-2,7-10H,3,5-6,11H2. The molecule has 7 nitrogen and oxygen atoms in total. The lowest BCUT2D eigenvalue weighted by Crippen LogP contribution is -2.43. The second-order valence-electron chi connectivity index (χ2n) is 7.38. The number of hydrogen-bond acceptors (Lipinski definition) is 5. The summed E-state index contributed by atoms with van der Waals surface area (Å²) in [5.74, 6) is -3.98. The Kier molecular flexibility index (Phi) is 5.95. The van der Waals surface area contributed by atoms with Crippen molar-refractivity contribution in [2.75, 3.05) is 18.0 Å². The third-order valence-corrected chi connectivity index (χ3v) is 5.67. The Labute approximate surface area is 194 Å². The van der Waals surface area contributed by atoms with E-state index in [0.29, 0.717) is 0 Å². The summed E-state index contributed by atoms with van der Waals surface area (Å²) < 4.78 is 43.6. The van der Waals surface area contributed by atoms with Crippen molar-refractivity contribution in [3.8, 4) is 22.9 Å². The van der Waals surface area contributed by atoms with Crippen LogP contribution in [0.25, 0.3) is 16.8 Å². The van der Waals surface area contributed by atoms with Crippen LogP contribution in [0.3, 0.4) is 0 Å². The predicted molar refractivity (Wildman–Crippen MR) is 117 cm³/mol. The molecule has 0 bridgehead atoms. The Morgan fingerprint density at radius 2 is 1.94 bits per heavy atom. The van der Waals surface area contributed by atoms with Gasteiger partial charge >= 0.3 is 5.69 Å². The fraction of sp³-hybridized carbons (Fsp3) is 0.238. The zero-order chi connectivity index (χ0) is 23.9. The van der Waals surface area contributed by atoms with Gasteiger partial charge < -0.3 is 4.90 Å². The van der Waals surface area contributed by atoms with Crippen molar-refractivity contribution >= 4 is 29.0 Å². The van der Waals surface area contributed by atoms with Crippen molar-refractivity contribution < 1.29 is 13.2 Å². The molecule has 1 aliphatic heterocycles. The molecular weight excluding hydrogens is 482 g/mol. The van der Waals surface area contributed by atoms with Crippen LogP contribution in [0.4, 0.5) is 19.0 Å². The van der Waals surface area contributed by atoms with Gasteiger partial charge in [0.05, 0.1) is 40.1 Å². The first-order chi connectivity index (χ1) is 15.6.